The Balaban J connectivity index is 0.00000392. The average Bonchev–Trinajstić information content (AvgIpc) is 2.68. The lowest BCUT2D eigenvalue weighted by Gasteiger charge is -2.33. The third kappa shape index (κ3) is 8.40. The number of aliphatic imine (C=N–C) groups is 1. The molecule has 8 heteroatoms. The van der Waals surface area contributed by atoms with E-state index in [4.69, 9.17) is 15.2 Å². The van der Waals surface area contributed by atoms with E-state index >= 15 is 0 Å². The first-order chi connectivity index (χ1) is 13.0. The zero-order valence-corrected chi connectivity index (χ0v) is 19.9. The number of methoxy groups -OCH3 is 2. The Labute approximate surface area is 186 Å². The topological polar surface area (TPSA) is 75.4 Å². The van der Waals surface area contributed by atoms with Gasteiger partial charge in [0.2, 0.25) is 0 Å². The number of nitrogens with one attached hydrogen (secondary N) is 1. The van der Waals surface area contributed by atoms with Gasteiger partial charge < -0.3 is 30.3 Å². The Morgan fingerprint density at radius 3 is 2.50 bits per heavy atom. The van der Waals surface area contributed by atoms with Crippen LogP contribution in [0.4, 0.5) is 0 Å². The quantitative estimate of drug-likeness (QED) is 0.302. The number of nitrogens with zero attached hydrogens (tertiary/aromatic N) is 3. The number of piperazine rings is 1. The molecule has 0 spiro atoms. The minimum Gasteiger partial charge on any atom is -0.493 e. The molecule has 0 amide bonds. The molecule has 0 aromatic heterocycles. The molecule has 1 saturated heterocycles. The van der Waals surface area contributed by atoms with Crippen molar-refractivity contribution >= 4 is 29.9 Å². The third-order valence-electron chi connectivity index (χ3n) is 4.91. The highest BCUT2D eigenvalue weighted by atomic mass is 127. The molecule has 0 radical (unpaired) electrons. The van der Waals surface area contributed by atoms with E-state index in [-0.39, 0.29) is 24.0 Å². The summed E-state index contributed by atoms with van der Waals surface area (Å²) in [6.45, 7) is 9.38. The van der Waals surface area contributed by atoms with E-state index in [0.29, 0.717) is 11.9 Å². The molecule has 1 aliphatic rings. The molecule has 1 atom stereocenters. The first-order valence-corrected chi connectivity index (χ1v) is 9.67. The van der Waals surface area contributed by atoms with Gasteiger partial charge in [-0.2, -0.15) is 0 Å². The van der Waals surface area contributed by atoms with Crippen molar-refractivity contribution in [3.63, 3.8) is 0 Å². The predicted octanol–water partition coefficient (Wildman–Crippen LogP) is 1.65. The number of guanidine groups is 1. The fourth-order valence-electron chi connectivity index (χ4n) is 3.21. The molecule has 1 aliphatic heterocycles. The van der Waals surface area contributed by atoms with Crippen molar-refractivity contribution < 1.29 is 9.47 Å². The molecule has 160 valence electrons. The average molecular weight is 505 g/mol. The van der Waals surface area contributed by atoms with Gasteiger partial charge in [-0.05, 0) is 37.1 Å². The van der Waals surface area contributed by atoms with Gasteiger partial charge in [0.15, 0.2) is 17.5 Å². The summed E-state index contributed by atoms with van der Waals surface area (Å²) in [7, 11) is 5.47. The number of ether oxygens (including phenoxy) is 2. The van der Waals surface area contributed by atoms with Crippen LogP contribution < -0.4 is 20.5 Å². The van der Waals surface area contributed by atoms with Gasteiger partial charge in [-0.15, -0.1) is 24.0 Å². The van der Waals surface area contributed by atoms with Gasteiger partial charge in [-0.25, -0.2) is 0 Å². The molecular weight excluding hydrogens is 469 g/mol. The Bertz CT molecular complexity index is 606. The van der Waals surface area contributed by atoms with Gasteiger partial charge in [0.05, 0.1) is 14.2 Å². The summed E-state index contributed by atoms with van der Waals surface area (Å²) in [5, 5.41) is 3.20. The monoisotopic (exact) mass is 505 g/mol. The van der Waals surface area contributed by atoms with Gasteiger partial charge in [-0.3, -0.25) is 4.99 Å². The highest BCUT2D eigenvalue weighted by molar-refractivity contribution is 14.0. The van der Waals surface area contributed by atoms with Gasteiger partial charge in [0, 0.05) is 45.8 Å². The zero-order chi connectivity index (χ0) is 19.6. The second-order valence-electron chi connectivity index (χ2n) is 7.30. The number of nitrogens with two attached hydrogens (primary N) is 1. The van der Waals surface area contributed by atoms with E-state index in [1.165, 1.54) is 0 Å². The molecule has 1 heterocycles. The summed E-state index contributed by atoms with van der Waals surface area (Å²) < 4.78 is 10.6. The van der Waals surface area contributed by atoms with E-state index in [0.717, 1.165) is 69.3 Å². The van der Waals surface area contributed by atoms with Crippen molar-refractivity contribution in [3.05, 3.63) is 23.8 Å². The van der Waals surface area contributed by atoms with Crippen molar-refractivity contribution in [2.24, 2.45) is 16.6 Å². The Hall–Kier alpha value is -1.26. The van der Waals surface area contributed by atoms with Crippen LogP contribution in [-0.2, 0) is 6.42 Å². The lowest BCUT2D eigenvalue weighted by Crippen LogP contribution is -2.46. The molecular formula is C20H36IN5O2. The molecule has 7 nitrogen and oxygen atoms in total. The summed E-state index contributed by atoms with van der Waals surface area (Å²) in [5.41, 5.74) is 7.18. The Morgan fingerprint density at radius 2 is 1.86 bits per heavy atom. The van der Waals surface area contributed by atoms with Gasteiger partial charge in [0.25, 0.3) is 0 Å². The van der Waals surface area contributed by atoms with Gasteiger partial charge in [-0.1, -0.05) is 13.0 Å². The van der Waals surface area contributed by atoms with Crippen molar-refractivity contribution in [3.8, 4) is 11.5 Å². The third-order valence-corrected chi connectivity index (χ3v) is 4.91. The smallest absolute Gasteiger partial charge is 0.188 e. The lowest BCUT2D eigenvalue weighted by atomic mass is 10.1. The molecule has 3 N–H and O–H groups in total. The number of likely N-dealkylation sites (N-methyl/N-ethyl adjacent to an activating group) is 1. The van der Waals surface area contributed by atoms with Crippen LogP contribution in [-0.4, -0.2) is 82.8 Å². The molecule has 0 aliphatic carbocycles. The van der Waals surface area contributed by atoms with E-state index in [1.807, 2.05) is 18.2 Å². The Morgan fingerprint density at radius 1 is 1.18 bits per heavy atom. The van der Waals surface area contributed by atoms with Crippen LogP contribution in [0.25, 0.3) is 0 Å². The number of halogens is 1. The standard InChI is InChI=1S/C20H35N5O2.HI/c1-16(15-25-11-9-24(2)10-12-25)14-23-20(21)22-8-7-17-5-6-18(26-3)19(13-17)27-4;/h5-6,13,16H,7-12,14-15H2,1-4H3,(H3,21,22,23);1H. The number of hydrogen-bond donors (Lipinski definition) is 2. The van der Waals surface area contributed by atoms with Crippen LogP contribution in [0.5, 0.6) is 11.5 Å². The highest BCUT2D eigenvalue weighted by Gasteiger charge is 2.15. The molecule has 0 saturated carbocycles. The molecule has 28 heavy (non-hydrogen) atoms. The van der Waals surface area contributed by atoms with Crippen LogP contribution in [0.2, 0.25) is 0 Å². The number of rotatable bonds is 9. The highest BCUT2D eigenvalue weighted by Crippen LogP contribution is 2.27. The minimum absolute atomic E-state index is 0. The summed E-state index contributed by atoms with van der Waals surface area (Å²) in [6.07, 6.45) is 0.841. The maximum absolute atomic E-state index is 6.01. The number of benzene rings is 1. The minimum atomic E-state index is 0. The van der Waals surface area contributed by atoms with Crippen LogP contribution in [0.3, 0.4) is 0 Å². The molecule has 1 unspecified atom stereocenters. The van der Waals surface area contributed by atoms with E-state index in [9.17, 15) is 0 Å². The van der Waals surface area contributed by atoms with Crippen LogP contribution >= 0.6 is 24.0 Å². The predicted molar refractivity (Wildman–Crippen MR) is 126 cm³/mol. The normalized spacial score (nSPS) is 16.9. The first kappa shape index (κ1) is 24.8. The maximum Gasteiger partial charge on any atom is 0.188 e. The fourth-order valence-corrected chi connectivity index (χ4v) is 3.21. The van der Waals surface area contributed by atoms with Gasteiger partial charge in [0.1, 0.15) is 0 Å². The first-order valence-electron chi connectivity index (χ1n) is 9.67. The Kier molecular flexibility index (Phi) is 11.6. The summed E-state index contributed by atoms with van der Waals surface area (Å²) in [6, 6.07) is 5.95. The molecule has 1 aromatic rings. The van der Waals surface area contributed by atoms with Crippen molar-refractivity contribution in [1.29, 1.82) is 0 Å². The summed E-state index contributed by atoms with van der Waals surface area (Å²) >= 11 is 0. The van der Waals surface area contributed by atoms with Crippen LogP contribution in [0.1, 0.15) is 12.5 Å². The molecule has 0 bridgehead atoms. The molecule has 1 aromatic carbocycles. The SMILES string of the molecule is COc1ccc(CCNC(N)=NCC(C)CN2CCN(C)CC2)cc1OC.I. The van der Waals surface area contributed by atoms with Crippen molar-refractivity contribution in [2.75, 3.05) is 67.1 Å². The van der Waals surface area contributed by atoms with Crippen molar-refractivity contribution in [1.82, 2.24) is 15.1 Å². The van der Waals surface area contributed by atoms with E-state index < -0.39 is 0 Å². The van der Waals surface area contributed by atoms with Crippen molar-refractivity contribution in [2.45, 2.75) is 13.3 Å². The molecule has 2 rings (SSSR count). The van der Waals surface area contributed by atoms with E-state index in [2.05, 4.69) is 34.1 Å². The van der Waals surface area contributed by atoms with Crippen LogP contribution in [0.15, 0.2) is 23.2 Å². The molecule has 1 fully saturated rings. The second kappa shape index (κ2) is 13.1. The summed E-state index contributed by atoms with van der Waals surface area (Å²) in [4.78, 5) is 9.39. The second-order valence-corrected chi connectivity index (χ2v) is 7.30. The van der Waals surface area contributed by atoms with Crippen LogP contribution in [0, 0.1) is 5.92 Å². The lowest BCUT2D eigenvalue weighted by molar-refractivity contribution is 0.140. The van der Waals surface area contributed by atoms with Gasteiger partial charge >= 0.3 is 0 Å². The maximum atomic E-state index is 6.01. The number of hydrogen-bond acceptors (Lipinski definition) is 5. The van der Waals surface area contributed by atoms with E-state index in [1.54, 1.807) is 14.2 Å². The summed E-state index contributed by atoms with van der Waals surface area (Å²) in [5.74, 6) is 2.50. The fraction of sp³-hybridized carbons (Fsp3) is 0.650. The zero-order valence-electron chi connectivity index (χ0n) is 17.6. The largest absolute Gasteiger partial charge is 0.493 e.